The highest BCUT2D eigenvalue weighted by Gasteiger charge is 2.34. The fourth-order valence-corrected chi connectivity index (χ4v) is 4.39. The number of benzene rings is 3. The van der Waals surface area contributed by atoms with Gasteiger partial charge in [0.25, 0.3) is 0 Å². The number of nitrogens with zero attached hydrogens (tertiary/aromatic N) is 1. The highest BCUT2D eigenvalue weighted by atomic mass is 35.5. The molecule has 29 heavy (non-hydrogen) atoms. The maximum absolute atomic E-state index is 6.30. The summed E-state index contributed by atoms with van der Waals surface area (Å²) in [5.41, 5.74) is 2.53. The fourth-order valence-electron chi connectivity index (χ4n) is 3.95. The second kappa shape index (κ2) is 9.40. The van der Waals surface area contributed by atoms with Crippen LogP contribution in [0.15, 0.2) is 72.8 Å². The summed E-state index contributed by atoms with van der Waals surface area (Å²) in [4.78, 5) is 2.48. The third-order valence-corrected chi connectivity index (χ3v) is 6.41. The molecule has 0 bridgehead atoms. The predicted octanol–water partition coefficient (Wildman–Crippen LogP) is 6.94. The number of hydrogen-bond donors (Lipinski definition) is 0. The Hall–Kier alpha value is -1.71. The van der Waals surface area contributed by atoms with Crippen LogP contribution in [0.2, 0.25) is 15.1 Å². The van der Waals surface area contributed by atoms with E-state index in [0.717, 1.165) is 25.4 Å². The molecule has 0 N–H and O–H groups in total. The van der Waals surface area contributed by atoms with Gasteiger partial charge in [0.15, 0.2) is 0 Å². The Morgan fingerprint density at radius 1 is 0.828 bits per heavy atom. The van der Waals surface area contributed by atoms with Crippen LogP contribution in [0.4, 0.5) is 0 Å². The van der Waals surface area contributed by atoms with Crippen LogP contribution in [0, 0.1) is 5.92 Å². The Morgan fingerprint density at radius 3 is 2.31 bits per heavy atom. The second-order valence-electron chi connectivity index (χ2n) is 7.48. The second-order valence-corrected chi connectivity index (χ2v) is 8.74. The summed E-state index contributed by atoms with van der Waals surface area (Å²) in [6, 6.07) is 24.1. The molecule has 0 amide bonds. The molecule has 1 aliphatic rings. The molecule has 3 aromatic carbocycles. The normalized spacial score (nSPS) is 19.4. The van der Waals surface area contributed by atoms with Crippen molar-refractivity contribution >= 4 is 34.8 Å². The lowest BCUT2D eigenvalue weighted by atomic mass is 9.89. The van der Waals surface area contributed by atoms with Gasteiger partial charge in [0.2, 0.25) is 0 Å². The maximum atomic E-state index is 6.30. The van der Waals surface area contributed by atoms with Gasteiger partial charge < -0.3 is 4.74 Å². The molecule has 0 aliphatic carbocycles. The highest BCUT2D eigenvalue weighted by Crippen LogP contribution is 2.36. The van der Waals surface area contributed by atoms with Crippen LogP contribution in [0.3, 0.4) is 0 Å². The highest BCUT2D eigenvalue weighted by molar-refractivity contribution is 6.42. The quantitative estimate of drug-likeness (QED) is 0.406. The molecule has 0 saturated carbocycles. The molecule has 0 unspecified atom stereocenters. The van der Waals surface area contributed by atoms with E-state index < -0.39 is 0 Å². The minimum absolute atomic E-state index is 0.334. The van der Waals surface area contributed by atoms with Crippen molar-refractivity contribution in [2.75, 3.05) is 19.7 Å². The zero-order valence-corrected chi connectivity index (χ0v) is 18.2. The molecule has 1 heterocycles. The molecule has 0 radical (unpaired) electrons. The number of halogens is 3. The molecule has 1 aliphatic heterocycles. The van der Waals surface area contributed by atoms with Crippen molar-refractivity contribution in [1.82, 2.24) is 4.90 Å². The van der Waals surface area contributed by atoms with Crippen molar-refractivity contribution in [2.24, 2.45) is 5.92 Å². The van der Waals surface area contributed by atoms with Gasteiger partial charge >= 0.3 is 0 Å². The van der Waals surface area contributed by atoms with Gasteiger partial charge in [-0.15, -0.1) is 0 Å². The molecule has 1 fully saturated rings. The Bertz CT molecular complexity index is 946. The first-order chi connectivity index (χ1) is 14.1. The van der Waals surface area contributed by atoms with Crippen LogP contribution < -0.4 is 4.74 Å². The van der Waals surface area contributed by atoms with E-state index >= 15 is 0 Å². The van der Waals surface area contributed by atoms with E-state index in [1.807, 2.05) is 36.4 Å². The van der Waals surface area contributed by atoms with Gasteiger partial charge in [-0.25, -0.2) is 0 Å². The molecule has 4 rings (SSSR count). The molecule has 5 heteroatoms. The number of likely N-dealkylation sites (tertiary alicyclic amines) is 1. The van der Waals surface area contributed by atoms with Gasteiger partial charge in [0, 0.05) is 36.5 Å². The standard InChI is InChI=1S/C24H22Cl3NO/c25-20-7-9-21(10-8-20)29-16-19-14-28(13-17-4-2-1-3-5-17)15-22(19)18-6-11-23(26)24(27)12-18/h1-12,19,22H,13-16H2/t19-,22+/m0/s1. The predicted molar refractivity (Wildman–Crippen MR) is 121 cm³/mol. The molecule has 3 aromatic rings. The third kappa shape index (κ3) is 5.26. The molecular weight excluding hydrogens is 425 g/mol. The van der Waals surface area contributed by atoms with E-state index in [-0.39, 0.29) is 0 Å². The van der Waals surface area contributed by atoms with Crippen molar-refractivity contribution in [1.29, 1.82) is 0 Å². The average molecular weight is 447 g/mol. The van der Waals surface area contributed by atoms with Crippen LogP contribution in [0.5, 0.6) is 5.75 Å². The lowest BCUT2D eigenvalue weighted by Gasteiger charge is -2.20. The van der Waals surface area contributed by atoms with E-state index in [9.17, 15) is 0 Å². The Labute approximate surface area is 187 Å². The van der Waals surface area contributed by atoms with E-state index in [1.165, 1.54) is 11.1 Å². The number of rotatable bonds is 6. The first-order valence-electron chi connectivity index (χ1n) is 9.68. The summed E-state index contributed by atoms with van der Waals surface area (Å²) in [5, 5.41) is 1.90. The van der Waals surface area contributed by atoms with Gasteiger partial charge in [-0.1, -0.05) is 71.2 Å². The van der Waals surface area contributed by atoms with E-state index in [1.54, 1.807) is 0 Å². The van der Waals surface area contributed by atoms with Gasteiger partial charge in [-0.05, 0) is 47.5 Å². The van der Waals surface area contributed by atoms with Crippen LogP contribution >= 0.6 is 34.8 Å². The van der Waals surface area contributed by atoms with Gasteiger partial charge in [0.05, 0.1) is 16.7 Å². The lowest BCUT2D eigenvalue weighted by molar-refractivity contribution is 0.233. The minimum Gasteiger partial charge on any atom is -0.493 e. The molecule has 0 spiro atoms. The minimum atomic E-state index is 0.334. The Kier molecular flexibility index (Phi) is 6.67. The summed E-state index contributed by atoms with van der Waals surface area (Å²) in [6.07, 6.45) is 0. The van der Waals surface area contributed by atoms with Crippen molar-refractivity contribution in [3.8, 4) is 5.75 Å². The Morgan fingerprint density at radius 2 is 1.59 bits per heavy atom. The molecule has 150 valence electrons. The number of hydrogen-bond acceptors (Lipinski definition) is 2. The molecule has 2 atom stereocenters. The summed E-state index contributed by atoms with van der Waals surface area (Å²) in [5.74, 6) is 1.52. The first kappa shape index (κ1) is 20.6. The summed E-state index contributed by atoms with van der Waals surface area (Å²) in [7, 11) is 0. The zero-order chi connectivity index (χ0) is 20.2. The van der Waals surface area contributed by atoms with E-state index in [4.69, 9.17) is 39.5 Å². The topological polar surface area (TPSA) is 12.5 Å². The molecule has 1 saturated heterocycles. The van der Waals surface area contributed by atoms with Crippen molar-refractivity contribution < 1.29 is 4.74 Å². The van der Waals surface area contributed by atoms with E-state index in [0.29, 0.717) is 33.5 Å². The van der Waals surface area contributed by atoms with Crippen LogP contribution in [0.25, 0.3) is 0 Å². The molecule has 0 aromatic heterocycles. The Balaban J connectivity index is 1.51. The van der Waals surface area contributed by atoms with Crippen molar-refractivity contribution in [2.45, 2.75) is 12.5 Å². The largest absolute Gasteiger partial charge is 0.493 e. The maximum Gasteiger partial charge on any atom is 0.119 e. The lowest BCUT2D eigenvalue weighted by Crippen LogP contribution is -2.22. The number of ether oxygens (including phenoxy) is 1. The SMILES string of the molecule is Clc1ccc(OC[C@@H]2CN(Cc3ccccc3)C[C@@H]2c2ccc(Cl)c(Cl)c2)cc1. The summed E-state index contributed by atoms with van der Waals surface area (Å²) < 4.78 is 6.10. The molecular formula is C24H22Cl3NO. The molecule has 2 nitrogen and oxygen atoms in total. The van der Waals surface area contributed by atoms with Gasteiger partial charge in [-0.3, -0.25) is 4.90 Å². The van der Waals surface area contributed by atoms with Gasteiger partial charge in [-0.2, -0.15) is 0 Å². The third-order valence-electron chi connectivity index (χ3n) is 5.42. The van der Waals surface area contributed by atoms with Crippen LogP contribution in [-0.4, -0.2) is 24.6 Å². The van der Waals surface area contributed by atoms with E-state index in [2.05, 4.69) is 41.3 Å². The van der Waals surface area contributed by atoms with Crippen LogP contribution in [-0.2, 0) is 6.54 Å². The average Bonchev–Trinajstić information content (AvgIpc) is 3.13. The van der Waals surface area contributed by atoms with Crippen molar-refractivity contribution in [3.05, 3.63) is 99.0 Å². The monoisotopic (exact) mass is 445 g/mol. The summed E-state index contributed by atoms with van der Waals surface area (Å²) in [6.45, 7) is 3.49. The zero-order valence-electron chi connectivity index (χ0n) is 15.9. The summed E-state index contributed by atoms with van der Waals surface area (Å²) >= 11 is 18.4. The smallest absolute Gasteiger partial charge is 0.119 e. The van der Waals surface area contributed by atoms with Crippen LogP contribution in [0.1, 0.15) is 17.0 Å². The fraction of sp³-hybridized carbons (Fsp3) is 0.250. The van der Waals surface area contributed by atoms with Crippen molar-refractivity contribution in [3.63, 3.8) is 0 Å². The first-order valence-corrected chi connectivity index (χ1v) is 10.8. The van der Waals surface area contributed by atoms with Gasteiger partial charge in [0.1, 0.15) is 5.75 Å².